The molecule has 1 saturated carbocycles. The highest BCUT2D eigenvalue weighted by Crippen LogP contribution is 2.29. The van der Waals surface area contributed by atoms with Gasteiger partial charge in [-0.2, -0.15) is 0 Å². The second-order valence-electron chi connectivity index (χ2n) is 9.07. The van der Waals surface area contributed by atoms with E-state index in [0.717, 1.165) is 32.6 Å². The molecule has 4 heteroatoms. The summed E-state index contributed by atoms with van der Waals surface area (Å²) in [4.78, 5) is 17.1. The molecule has 3 fully saturated rings. The SMILES string of the molecule is Cc1cc(C)cc(N2CCC(NC[C@@H]3CC(=O)N(C4CCCC4)C3)CC2)c1. The fraction of sp³-hybridized carbons (Fsp3) is 0.696. The van der Waals surface area contributed by atoms with Gasteiger partial charge in [0, 0.05) is 50.4 Å². The maximum atomic E-state index is 12.4. The van der Waals surface area contributed by atoms with Crippen LogP contribution in [-0.2, 0) is 4.79 Å². The summed E-state index contributed by atoms with van der Waals surface area (Å²) >= 11 is 0. The number of rotatable bonds is 5. The zero-order valence-electron chi connectivity index (χ0n) is 17.0. The molecule has 1 atom stereocenters. The van der Waals surface area contributed by atoms with Crippen molar-refractivity contribution in [2.24, 2.45) is 5.92 Å². The molecule has 4 rings (SSSR count). The Labute approximate surface area is 164 Å². The van der Waals surface area contributed by atoms with Gasteiger partial charge in [-0.05, 0) is 68.7 Å². The lowest BCUT2D eigenvalue weighted by molar-refractivity contribution is -0.129. The van der Waals surface area contributed by atoms with E-state index in [1.54, 1.807) is 0 Å². The van der Waals surface area contributed by atoms with E-state index in [1.807, 2.05) is 0 Å². The van der Waals surface area contributed by atoms with Crippen molar-refractivity contribution in [3.63, 3.8) is 0 Å². The number of likely N-dealkylation sites (tertiary alicyclic amines) is 1. The van der Waals surface area contributed by atoms with Crippen molar-refractivity contribution in [1.29, 1.82) is 0 Å². The normalized spacial score (nSPS) is 25.0. The molecule has 0 spiro atoms. The summed E-state index contributed by atoms with van der Waals surface area (Å²) in [6.07, 6.45) is 8.20. The summed E-state index contributed by atoms with van der Waals surface area (Å²) in [5.41, 5.74) is 4.07. The number of amides is 1. The zero-order valence-corrected chi connectivity index (χ0v) is 17.0. The molecule has 2 saturated heterocycles. The summed E-state index contributed by atoms with van der Waals surface area (Å²) in [6, 6.07) is 8.01. The van der Waals surface area contributed by atoms with Gasteiger partial charge >= 0.3 is 0 Å². The molecular formula is C23H35N3O. The molecule has 4 nitrogen and oxygen atoms in total. The zero-order chi connectivity index (χ0) is 18.8. The maximum absolute atomic E-state index is 12.4. The van der Waals surface area contributed by atoms with Crippen molar-refractivity contribution in [2.75, 3.05) is 31.1 Å². The van der Waals surface area contributed by atoms with Gasteiger partial charge in [-0.25, -0.2) is 0 Å². The minimum Gasteiger partial charge on any atom is -0.371 e. The lowest BCUT2D eigenvalue weighted by Gasteiger charge is -2.35. The minimum absolute atomic E-state index is 0.401. The number of nitrogens with one attached hydrogen (secondary N) is 1. The number of hydrogen-bond donors (Lipinski definition) is 1. The molecule has 0 unspecified atom stereocenters. The summed E-state index contributed by atoms with van der Waals surface area (Å²) in [7, 11) is 0. The van der Waals surface area contributed by atoms with E-state index in [4.69, 9.17) is 0 Å². The van der Waals surface area contributed by atoms with Crippen molar-refractivity contribution >= 4 is 11.6 Å². The van der Waals surface area contributed by atoms with E-state index in [1.165, 1.54) is 55.3 Å². The van der Waals surface area contributed by atoms with Crippen LogP contribution in [0.25, 0.3) is 0 Å². The molecular weight excluding hydrogens is 334 g/mol. The number of piperidine rings is 1. The number of hydrogen-bond acceptors (Lipinski definition) is 3. The van der Waals surface area contributed by atoms with Crippen molar-refractivity contribution in [3.8, 4) is 0 Å². The average Bonchev–Trinajstić information content (AvgIpc) is 3.29. The van der Waals surface area contributed by atoms with Gasteiger partial charge in [0.2, 0.25) is 5.91 Å². The van der Waals surface area contributed by atoms with E-state index in [-0.39, 0.29) is 0 Å². The van der Waals surface area contributed by atoms with Crippen LogP contribution in [0.5, 0.6) is 0 Å². The van der Waals surface area contributed by atoms with Crippen LogP contribution in [0.2, 0.25) is 0 Å². The fourth-order valence-corrected chi connectivity index (χ4v) is 5.32. The van der Waals surface area contributed by atoms with Gasteiger partial charge in [-0.15, -0.1) is 0 Å². The van der Waals surface area contributed by atoms with E-state index in [2.05, 4.69) is 47.2 Å². The van der Waals surface area contributed by atoms with Crippen molar-refractivity contribution in [1.82, 2.24) is 10.2 Å². The van der Waals surface area contributed by atoms with Gasteiger partial charge in [0.25, 0.3) is 0 Å². The Morgan fingerprint density at radius 2 is 1.67 bits per heavy atom. The smallest absolute Gasteiger partial charge is 0.223 e. The summed E-state index contributed by atoms with van der Waals surface area (Å²) in [5, 5.41) is 3.78. The van der Waals surface area contributed by atoms with Gasteiger partial charge in [0.05, 0.1) is 0 Å². The first kappa shape index (κ1) is 18.8. The van der Waals surface area contributed by atoms with Gasteiger partial charge in [-0.3, -0.25) is 4.79 Å². The first-order valence-electron chi connectivity index (χ1n) is 10.9. The van der Waals surface area contributed by atoms with Crippen LogP contribution in [0.3, 0.4) is 0 Å². The van der Waals surface area contributed by atoms with Crippen molar-refractivity contribution < 1.29 is 4.79 Å². The molecule has 1 aromatic carbocycles. The number of nitrogens with zero attached hydrogens (tertiary/aromatic N) is 2. The van der Waals surface area contributed by atoms with Gasteiger partial charge < -0.3 is 15.1 Å². The number of aryl methyl sites for hydroxylation is 2. The number of carbonyl (C=O) groups is 1. The van der Waals surface area contributed by atoms with Gasteiger partial charge in [0.1, 0.15) is 0 Å². The summed E-state index contributed by atoms with van der Waals surface area (Å²) < 4.78 is 0. The van der Waals surface area contributed by atoms with Crippen LogP contribution in [-0.4, -0.2) is 49.1 Å². The second-order valence-corrected chi connectivity index (χ2v) is 9.07. The Hall–Kier alpha value is -1.55. The van der Waals surface area contributed by atoms with E-state index >= 15 is 0 Å². The maximum Gasteiger partial charge on any atom is 0.223 e. The third-order valence-electron chi connectivity index (χ3n) is 6.77. The molecule has 27 heavy (non-hydrogen) atoms. The largest absolute Gasteiger partial charge is 0.371 e. The topological polar surface area (TPSA) is 35.6 Å². The Balaban J connectivity index is 1.22. The van der Waals surface area contributed by atoms with Crippen molar-refractivity contribution in [2.45, 2.75) is 70.9 Å². The van der Waals surface area contributed by atoms with Crippen LogP contribution >= 0.6 is 0 Å². The lowest BCUT2D eigenvalue weighted by atomic mass is 10.0. The molecule has 1 amide bonds. The van der Waals surface area contributed by atoms with E-state index < -0.39 is 0 Å². The third-order valence-corrected chi connectivity index (χ3v) is 6.77. The third kappa shape index (κ3) is 4.48. The predicted octanol–water partition coefficient (Wildman–Crippen LogP) is 3.65. The van der Waals surface area contributed by atoms with E-state index in [0.29, 0.717) is 23.9 Å². The highest BCUT2D eigenvalue weighted by Gasteiger charge is 2.35. The predicted molar refractivity (Wildman–Crippen MR) is 111 cm³/mol. The second kappa shape index (κ2) is 8.22. The average molecular weight is 370 g/mol. The summed E-state index contributed by atoms with van der Waals surface area (Å²) in [5.74, 6) is 0.911. The van der Waals surface area contributed by atoms with Crippen LogP contribution in [0.1, 0.15) is 56.1 Å². The number of anilines is 1. The summed E-state index contributed by atoms with van der Waals surface area (Å²) in [6.45, 7) is 8.60. The lowest BCUT2D eigenvalue weighted by Crippen LogP contribution is -2.44. The Morgan fingerprint density at radius 3 is 2.33 bits per heavy atom. The van der Waals surface area contributed by atoms with Crippen LogP contribution in [0.15, 0.2) is 18.2 Å². The number of carbonyl (C=O) groups excluding carboxylic acids is 1. The molecule has 0 aromatic heterocycles. The van der Waals surface area contributed by atoms with Crippen molar-refractivity contribution in [3.05, 3.63) is 29.3 Å². The molecule has 0 bridgehead atoms. The monoisotopic (exact) mass is 369 g/mol. The highest BCUT2D eigenvalue weighted by atomic mass is 16.2. The van der Waals surface area contributed by atoms with Gasteiger partial charge in [0.15, 0.2) is 0 Å². The quantitative estimate of drug-likeness (QED) is 0.860. The Bertz CT molecular complexity index is 639. The number of benzene rings is 1. The van der Waals surface area contributed by atoms with Crippen LogP contribution in [0, 0.1) is 19.8 Å². The van der Waals surface area contributed by atoms with Crippen LogP contribution < -0.4 is 10.2 Å². The Kier molecular flexibility index (Phi) is 5.72. The molecule has 1 aliphatic carbocycles. The minimum atomic E-state index is 0.401. The fourth-order valence-electron chi connectivity index (χ4n) is 5.32. The molecule has 2 heterocycles. The molecule has 2 aliphatic heterocycles. The first-order chi connectivity index (χ1) is 13.1. The highest BCUT2D eigenvalue weighted by molar-refractivity contribution is 5.79. The molecule has 1 aromatic rings. The molecule has 1 N–H and O–H groups in total. The molecule has 148 valence electrons. The Morgan fingerprint density at radius 1 is 1.00 bits per heavy atom. The molecule has 0 radical (unpaired) electrons. The van der Waals surface area contributed by atoms with Crippen LogP contribution in [0.4, 0.5) is 5.69 Å². The van der Waals surface area contributed by atoms with E-state index in [9.17, 15) is 4.79 Å². The molecule has 3 aliphatic rings. The first-order valence-corrected chi connectivity index (χ1v) is 10.9. The van der Waals surface area contributed by atoms with Gasteiger partial charge in [-0.1, -0.05) is 18.9 Å². The standard InChI is InChI=1S/C23H35N3O/c1-17-11-18(2)13-22(12-17)25-9-7-20(8-10-25)24-15-19-14-23(27)26(16-19)21-5-3-4-6-21/h11-13,19-21,24H,3-10,14-16H2,1-2H3/t19-/m0/s1.